The molecule has 0 atom stereocenters. The standard InChI is InChI=1S/C20H19N5O2/c21-10-17-19(27-16-5-2-1-3-6-16)9-15(13-22-17)25-20-23-11-14(12-24-20)18-7-4-8-26-18/h4,7-9,11-13,16H,1-3,5-6H2,(H,23,24,25). The van der Waals surface area contributed by atoms with Gasteiger partial charge >= 0.3 is 0 Å². The molecular formula is C20H19N5O2. The monoisotopic (exact) mass is 361 g/mol. The highest BCUT2D eigenvalue weighted by molar-refractivity contribution is 5.59. The average Bonchev–Trinajstić information content (AvgIpc) is 3.25. The van der Waals surface area contributed by atoms with Crippen molar-refractivity contribution < 1.29 is 9.15 Å². The van der Waals surface area contributed by atoms with Gasteiger partial charge in [0.05, 0.1) is 29.8 Å². The number of rotatable bonds is 5. The fraction of sp³-hybridized carbons (Fsp3) is 0.300. The largest absolute Gasteiger partial charge is 0.487 e. The van der Waals surface area contributed by atoms with Gasteiger partial charge < -0.3 is 14.5 Å². The van der Waals surface area contributed by atoms with Gasteiger partial charge in [-0.05, 0) is 37.8 Å². The number of anilines is 2. The minimum atomic E-state index is 0.145. The molecule has 0 bridgehead atoms. The van der Waals surface area contributed by atoms with Gasteiger partial charge in [-0.3, -0.25) is 0 Å². The third-order valence-electron chi connectivity index (χ3n) is 4.52. The zero-order chi connectivity index (χ0) is 18.5. The summed E-state index contributed by atoms with van der Waals surface area (Å²) < 4.78 is 11.4. The van der Waals surface area contributed by atoms with Crippen LogP contribution in [0, 0.1) is 11.3 Å². The minimum Gasteiger partial charge on any atom is -0.487 e. The highest BCUT2D eigenvalue weighted by atomic mass is 16.5. The summed E-state index contributed by atoms with van der Waals surface area (Å²) in [4.78, 5) is 12.8. The average molecular weight is 361 g/mol. The predicted octanol–water partition coefficient (Wildman–Crippen LogP) is 4.46. The van der Waals surface area contributed by atoms with E-state index in [0.29, 0.717) is 28.8 Å². The summed E-state index contributed by atoms with van der Waals surface area (Å²) in [6.07, 6.45) is 12.3. The summed E-state index contributed by atoms with van der Waals surface area (Å²) in [7, 11) is 0. The van der Waals surface area contributed by atoms with Gasteiger partial charge in [0.25, 0.3) is 0 Å². The molecule has 1 saturated carbocycles. The van der Waals surface area contributed by atoms with Crippen molar-refractivity contribution in [3.8, 4) is 23.1 Å². The van der Waals surface area contributed by atoms with Crippen LogP contribution in [0.25, 0.3) is 11.3 Å². The number of nitrogens with one attached hydrogen (secondary N) is 1. The molecule has 1 aliphatic carbocycles. The summed E-state index contributed by atoms with van der Waals surface area (Å²) in [5, 5.41) is 12.4. The van der Waals surface area contributed by atoms with Gasteiger partial charge in [-0.25, -0.2) is 15.0 Å². The lowest BCUT2D eigenvalue weighted by Gasteiger charge is -2.23. The number of aromatic nitrogens is 3. The van der Waals surface area contributed by atoms with Crippen LogP contribution in [0.4, 0.5) is 11.6 Å². The SMILES string of the molecule is N#Cc1ncc(Nc2ncc(-c3ccco3)cn2)cc1OC1CCCCC1. The van der Waals surface area contributed by atoms with Crippen LogP contribution in [-0.4, -0.2) is 21.1 Å². The summed E-state index contributed by atoms with van der Waals surface area (Å²) in [5.41, 5.74) is 1.76. The molecule has 7 heteroatoms. The molecule has 0 amide bonds. The second-order valence-corrected chi connectivity index (χ2v) is 6.46. The number of hydrogen-bond acceptors (Lipinski definition) is 7. The van der Waals surface area contributed by atoms with Crippen molar-refractivity contribution >= 4 is 11.6 Å². The molecule has 3 aromatic rings. The maximum Gasteiger partial charge on any atom is 0.227 e. The molecule has 136 valence electrons. The van der Waals surface area contributed by atoms with Crippen molar-refractivity contribution in [2.75, 3.05) is 5.32 Å². The Bertz CT molecular complexity index is 926. The number of pyridine rings is 1. The Kier molecular flexibility index (Phi) is 4.97. The molecule has 7 nitrogen and oxygen atoms in total. The molecule has 1 aliphatic rings. The van der Waals surface area contributed by atoms with Crippen LogP contribution in [0.3, 0.4) is 0 Å². The van der Waals surface area contributed by atoms with Gasteiger partial charge in [0, 0.05) is 18.5 Å². The second kappa shape index (κ2) is 7.87. The van der Waals surface area contributed by atoms with E-state index >= 15 is 0 Å². The molecule has 0 spiro atoms. The minimum absolute atomic E-state index is 0.145. The third kappa shape index (κ3) is 4.06. The van der Waals surface area contributed by atoms with E-state index in [1.807, 2.05) is 12.1 Å². The van der Waals surface area contributed by atoms with Crippen LogP contribution < -0.4 is 10.1 Å². The molecule has 3 aromatic heterocycles. The first-order valence-electron chi connectivity index (χ1n) is 9.01. The Hall–Kier alpha value is -3.40. The summed E-state index contributed by atoms with van der Waals surface area (Å²) in [6.45, 7) is 0. The van der Waals surface area contributed by atoms with E-state index in [1.165, 1.54) is 6.42 Å². The Morgan fingerprint density at radius 2 is 1.93 bits per heavy atom. The van der Waals surface area contributed by atoms with Crippen LogP contribution in [0.1, 0.15) is 37.8 Å². The summed E-state index contributed by atoms with van der Waals surface area (Å²) >= 11 is 0. The van der Waals surface area contributed by atoms with Crippen LogP contribution in [0.5, 0.6) is 5.75 Å². The smallest absolute Gasteiger partial charge is 0.227 e. The van der Waals surface area contributed by atoms with Crippen molar-refractivity contribution in [2.24, 2.45) is 0 Å². The van der Waals surface area contributed by atoms with Crippen molar-refractivity contribution in [3.63, 3.8) is 0 Å². The number of ether oxygens (including phenoxy) is 1. The normalized spacial score (nSPS) is 14.5. The molecule has 0 saturated heterocycles. The van der Waals surface area contributed by atoms with E-state index in [2.05, 4.69) is 26.3 Å². The lowest BCUT2D eigenvalue weighted by molar-refractivity contribution is 0.154. The van der Waals surface area contributed by atoms with Crippen LogP contribution in [-0.2, 0) is 0 Å². The Morgan fingerprint density at radius 1 is 1.11 bits per heavy atom. The number of nitriles is 1. The van der Waals surface area contributed by atoms with E-state index in [-0.39, 0.29) is 6.10 Å². The Morgan fingerprint density at radius 3 is 2.63 bits per heavy atom. The highest BCUT2D eigenvalue weighted by Crippen LogP contribution is 2.28. The fourth-order valence-corrected chi connectivity index (χ4v) is 3.14. The zero-order valence-electron chi connectivity index (χ0n) is 14.8. The molecular weight excluding hydrogens is 342 g/mol. The Labute approximate surface area is 157 Å². The number of nitrogens with zero attached hydrogens (tertiary/aromatic N) is 4. The highest BCUT2D eigenvalue weighted by Gasteiger charge is 2.17. The lowest BCUT2D eigenvalue weighted by Crippen LogP contribution is -2.20. The van der Waals surface area contributed by atoms with E-state index < -0.39 is 0 Å². The molecule has 27 heavy (non-hydrogen) atoms. The number of furan rings is 1. The van der Waals surface area contributed by atoms with Crippen molar-refractivity contribution in [1.82, 2.24) is 15.0 Å². The van der Waals surface area contributed by atoms with E-state index in [0.717, 1.165) is 31.2 Å². The first-order chi connectivity index (χ1) is 13.3. The van der Waals surface area contributed by atoms with Gasteiger partial charge in [0.2, 0.25) is 5.95 Å². The van der Waals surface area contributed by atoms with E-state index in [1.54, 1.807) is 30.9 Å². The molecule has 0 unspecified atom stereocenters. The van der Waals surface area contributed by atoms with Crippen LogP contribution in [0.2, 0.25) is 0 Å². The number of hydrogen-bond donors (Lipinski definition) is 1. The molecule has 4 rings (SSSR count). The quantitative estimate of drug-likeness (QED) is 0.716. The molecule has 0 aliphatic heterocycles. The van der Waals surface area contributed by atoms with E-state index in [4.69, 9.17) is 9.15 Å². The van der Waals surface area contributed by atoms with Gasteiger partial charge in [0.15, 0.2) is 11.4 Å². The van der Waals surface area contributed by atoms with Gasteiger partial charge in [-0.15, -0.1) is 0 Å². The van der Waals surface area contributed by atoms with E-state index in [9.17, 15) is 5.26 Å². The Balaban J connectivity index is 1.50. The van der Waals surface area contributed by atoms with Gasteiger partial charge in [-0.1, -0.05) is 6.42 Å². The maximum absolute atomic E-state index is 9.30. The molecule has 3 heterocycles. The predicted molar refractivity (Wildman–Crippen MR) is 99.5 cm³/mol. The maximum atomic E-state index is 9.30. The molecule has 1 fully saturated rings. The first-order valence-corrected chi connectivity index (χ1v) is 9.01. The van der Waals surface area contributed by atoms with Crippen molar-refractivity contribution in [1.29, 1.82) is 5.26 Å². The van der Waals surface area contributed by atoms with Crippen molar-refractivity contribution in [3.05, 3.63) is 48.7 Å². The first kappa shape index (κ1) is 17.0. The molecule has 1 N–H and O–H groups in total. The summed E-state index contributed by atoms with van der Waals surface area (Å²) in [5.74, 6) is 1.65. The van der Waals surface area contributed by atoms with Gasteiger partial charge in [-0.2, -0.15) is 5.26 Å². The summed E-state index contributed by atoms with van der Waals surface area (Å²) in [6, 6.07) is 7.55. The molecule has 0 radical (unpaired) electrons. The zero-order valence-corrected chi connectivity index (χ0v) is 14.8. The van der Waals surface area contributed by atoms with Crippen LogP contribution in [0.15, 0.2) is 47.5 Å². The molecule has 0 aromatic carbocycles. The van der Waals surface area contributed by atoms with Gasteiger partial charge in [0.1, 0.15) is 11.8 Å². The topological polar surface area (TPSA) is 96.9 Å². The van der Waals surface area contributed by atoms with Crippen molar-refractivity contribution in [2.45, 2.75) is 38.2 Å². The second-order valence-electron chi connectivity index (χ2n) is 6.46. The van der Waals surface area contributed by atoms with Crippen LogP contribution >= 0.6 is 0 Å². The fourth-order valence-electron chi connectivity index (χ4n) is 3.14. The third-order valence-corrected chi connectivity index (χ3v) is 4.52. The lowest BCUT2D eigenvalue weighted by atomic mass is 9.98.